The minimum absolute atomic E-state index is 0.149. The number of nitrogens with one attached hydrogen (secondary N) is 1. The van der Waals surface area contributed by atoms with E-state index in [1.165, 1.54) is 0 Å². The van der Waals surface area contributed by atoms with Gasteiger partial charge in [0.25, 0.3) is 0 Å². The van der Waals surface area contributed by atoms with E-state index < -0.39 is 12.0 Å². The van der Waals surface area contributed by atoms with E-state index >= 15 is 0 Å². The third-order valence-electron chi connectivity index (χ3n) is 2.84. The lowest BCUT2D eigenvalue weighted by atomic mass is 10.0. The number of aryl methyl sites for hydroxylation is 1. The second kappa shape index (κ2) is 6.03. The van der Waals surface area contributed by atoms with Crippen LogP contribution in [0.3, 0.4) is 0 Å². The van der Waals surface area contributed by atoms with Crippen LogP contribution in [-0.2, 0) is 4.79 Å². The fraction of sp³-hybridized carbons (Fsp3) is 0.462. The molecule has 0 aromatic heterocycles. The van der Waals surface area contributed by atoms with Gasteiger partial charge in [-0.2, -0.15) is 0 Å². The Labute approximate surface area is 107 Å². The minimum Gasteiger partial charge on any atom is -0.480 e. The van der Waals surface area contributed by atoms with Gasteiger partial charge in [-0.25, -0.2) is 0 Å². The van der Waals surface area contributed by atoms with Crippen molar-refractivity contribution in [1.29, 1.82) is 0 Å². The molecule has 3 nitrogen and oxygen atoms in total. The zero-order valence-electron chi connectivity index (χ0n) is 10.3. The molecule has 0 bridgehead atoms. The molecule has 0 fully saturated rings. The van der Waals surface area contributed by atoms with E-state index in [2.05, 4.69) is 5.32 Å². The standard InChI is InChI=1S/C13H18ClNO2/c1-4-9(3)15-12(13(16)17)10-6-5-8(2)11(14)7-10/h5-7,9,12,15H,4H2,1-3H3,(H,16,17). The van der Waals surface area contributed by atoms with Crippen molar-refractivity contribution in [2.45, 2.75) is 39.3 Å². The van der Waals surface area contributed by atoms with Gasteiger partial charge < -0.3 is 5.11 Å². The first-order valence-corrected chi connectivity index (χ1v) is 6.08. The maximum Gasteiger partial charge on any atom is 0.325 e. The van der Waals surface area contributed by atoms with Crippen LogP contribution in [-0.4, -0.2) is 17.1 Å². The van der Waals surface area contributed by atoms with Gasteiger partial charge in [-0.3, -0.25) is 10.1 Å². The van der Waals surface area contributed by atoms with Crippen LogP contribution < -0.4 is 5.32 Å². The summed E-state index contributed by atoms with van der Waals surface area (Å²) in [4.78, 5) is 11.2. The average molecular weight is 256 g/mol. The number of benzene rings is 1. The number of carboxylic acid groups (broad SMARTS) is 1. The average Bonchev–Trinajstić information content (AvgIpc) is 2.29. The first kappa shape index (κ1) is 14.0. The number of rotatable bonds is 5. The van der Waals surface area contributed by atoms with Crippen molar-refractivity contribution in [2.75, 3.05) is 0 Å². The van der Waals surface area contributed by atoms with E-state index in [-0.39, 0.29) is 6.04 Å². The van der Waals surface area contributed by atoms with Crippen molar-refractivity contribution < 1.29 is 9.90 Å². The molecule has 1 aromatic carbocycles. The van der Waals surface area contributed by atoms with Crippen LogP contribution in [0.4, 0.5) is 0 Å². The van der Waals surface area contributed by atoms with E-state index in [4.69, 9.17) is 11.6 Å². The van der Waals surface area contributed by atoms with Gasteiger partial charge in [0.05, 0.1) is 0 Å². The quantitative estimate of drug-likeness (QED) is 0.850. The summed E-state index contributed by atoms with van der Waals surface area (Å²) in [6.07, 6.45) is 0.878. The van der Waals surface area contributed by atoms with Crippen molar-refractivity contribution in [3.8, 4) is 0 Å². The maximum atomic E-state index is 11.2. The van der Waals surface area contributed by atoms with Gasteiger partial charge in [0.15, 0.2) is 0 Å². The number of halogens is 1. The smallest absolute Gasteiger partial charge is 0.325 e. The van der Waals surface area contributed by atoms with Crippen molar-refractivity contribution in [3.05, 3.63) is 34.3 Å². The molecule has 0 aliphatic carbocycles. The van der Waals surface area contributed by atoms with Gasteiger partial charge in [-0.15, -0.1) is 0 Å². The van der Waals surface area contributed by atoms with E-state index in [9.17, 15) is 9.90 Å². The van der Waals surface area contributed by atoms with Gasteiger partial charge in [0.1, 0.15) is 6.04 Å². The summed E-state index contributed by atoms with van der Waals surface area (Å²) < 4.78 is 0. The van der Waals surface area contributed by atoms with E-state index in [1.807, 2.05) is 26.8 Å². The molecule has 0 radical (unpaired) electrons. The van der Waals surface area contributed by atoms with Crippen LogP contribution in [0.5, 0.6) is 0 Å². The molecule has 0 amide bonds. The molecule has 0 saturated heterocycles. The molecule has 0 aliphatic heterocycles. The molecule has 17 heavy (non-hydrogen) atoms. The molecule has 0 saturated carbocycles. The highest BCUT2D eigenvalue weighted by molar-refractivity contribution is 6.31. The summed E-state index contributed by atoms with van der Waals surface area (Å²) in [6, 6.07) is 4.80. The Kier molecular flexibility index (Phi) is 4.97. The first-order chi connectivity index (χ1) is 7.95. The molecular formula is C13H18ClNO2. The molecule has 1 aromatic rings. The molecular weight excluding hydrogens is 238 g/mol. The number of hydrogen-bond donors (Lipinski definition) is 2. The molecule has 2 N–H and O–H groups in total. The first-order valence-electron chi connectivity index (χ1n) is 5.70. The SMILES string of the molecule is CCC(C)NC(C(=O)O)c1ccc(C)c(Cl)c1. The molecule has 2 atom stereocenters. The summed E-state index contributed by atoms with van der Waals surface area (Å²) in [5, 5.41) is 12.9. The Hall–Kier alpha value is -1.06. The van der Waals surface area contributed by atoms with Crippen LogP contribution in [0.1, 0.15) is 37.4 Å². The summed E-state index contributed by atoms with van der Waals surface area (Å²) in [6.45, 7) is 5.87. The highest BCUT2D eigenvalue weighted by Crippen LogP contribution is 2.22. The highest BCUT2D eigenvalue weighted by Gasteiger charge is 2.21. The van der Waals surface area contributed by atoms with E-state index in [0.717, 1.165) is 12.0 Å². The second-order valence-corrected chi connectivity index (χ2v) is 4.66. The van der Waals surface area contributed by atoms with Gasteiger partial charge in [0, 0.05) is 11.1 Å². The summed E-state index contributed by atoms with van der Waals surface area (Å²) in [7, 11) is 0. The molecule has 1 rings (SSSR count). The Morgan fingerprint density at radius 3 is 2.65 bits per heavy atom. The van der Waals surface area contributed by atoms with Crippen LogP contribution >= 0.6 is 11.6 Å². The van der Waals surface area contributed by atoms with Crippen molar-refractivity contribution in [1.82, 2.24) is 5.32 Å². The lowest BCUT2D eigenvalue weighted by Crippen LogP contribution is -2.34. The molecule has 4 heteroatoms. The Morgan fingerprint density at radius 2 is 2.18 bits per heavy atom. The van der Waals surface area contributed by atoms with Crippen molar-refractivity contribution in [3.63, 3.8) is 0 Å². The minimum atomic E-state index is -0.884. The fourth-order valence-electron chi connectivity index (χ4n) is 1.50. The normalized spacial score (nSPS) is 14.4. The predicted molar refractivity (Wildman–Crippen MR) is 69.5 cm³/mol. The third kappa shape index (κ3) is 3.72. The molecule has 94 valence electrons. The van der Waals surface area contributed by atoms with Crippen LogP contribution in [0.15, 0.2) is 18.2 Å². The van der Waals surface area contributed by atoms with Gasteiger partial charge in [-0.1, -0.05) is 30.7 Å². The van der Waals surface area contributed by atoms with Crippen LogP contribution in [0.2, 0.25) is 5.02 Å². The Bertz CT molecular complexity index is 406. The van der Waals surface area contributed by atoms with E-state index in [1.54, 1.807) is 12.1 Å². The predicted octanol–water partition coefficient (Wildman–Crippen LogP) is 3.16. The lowest BCUT2D eigenvalue weighted by molar-refractivity contribution is -0.139. The molecule has 0 spiro atoms. The van der Waals surface area contributed by atoms with Crippen molar-refractivity contribution in [2.24, 2.45) is 0 Å². The molecule has 0 heterocycles. The molecule has 0 aliphatic rings. The Balaban J connectivity index is 2.97. The maximum absolute atomic E-state index is 11.2. The third-order valence-corrected chi connectivity index (χ3v) is 3.25. The second-order valence-electron chi connectivity index (χ2n) is 4.26. The fourth-order valence-corrected chi connectivity index (χ4v) is 1.69. The zero-order valence-corrected chi connectivity index (χ0v) is 11.1. The topological polar surface area (TPSA) is 49.3 Å². The lowest BCUT2D eigenvalue weighted by Gasteiger charge is -2.19. The van der Waals surface area contributed by atoms with Crippen LogP contribution in [0, 0.1) is 6.92 Å². The zero-order chi connectivity index (χ0) is 13.0. The largest absolute Gasteiger partial charge is 0.480 e. The van der Waals surface area contributed by atoms with Gasteiger partial charge >= 0.3 is 5.97 Å². The van der Waals surface area contributed by atoms with E-state index in [0.29, 0.717) is 10.6 Å². The number of carboxylic acids is 1. The summed E-state index contributed by atoms with van der Waals surface area (Å²) >= 11 is 6.01. The molecule has 2 unspecified atom stereocenters. The number of carbonyl (C=O) groups is 1. The van der Waals surface area contributed by atoms with Gasteiger partial charge in [-0.05, 0) is 37.5 Å². The summed E-state index contributed by atoms with van der Waals surface area (Å²) in [5.41, 5.74) is 1.64. The Morgan fingerprint density at radius 1 is 1.53 bits per heavy atom. The monoisotopic (exact) mass is 255 g/mol. The number of aliphatic carboxylic acids is 1. The van der Waals surface area contributed by atoms with Crippen LogP contribution in [0.25, 0.3) is 0 Å². The summed E-state index contributed by atoms with van der Waals surface area (Å²) in [5.74, 6) is -0.884. The van der Waals surface area contributed by atoms with Gasteiger partial charge in [0.2, 0.25) is 0 Å². The number of hydrogen-bond acceptors (Lipinski definition) is 2. The van der Waals surface area contributed by atoms with Crippen molar-refractivity contribution >= 4 is 17.6 Å². The highest BCUT2D eigenvalue weighted by atomic mass is 35.5.